The summed E-state index contributed by atoms with van der Waals surface area (Å²) in [7, 11) is -0.793. The van der Waals surface area contributed by atoms with Crippen molar-refractivity contribution >= 4 is 21.6 Å². The fraction of sp³-hybridized carbons (Fsp3) is 0.278. The van der Waals surface area contributed by atoms with E-state index in [1.54, 1.807) is 30.3 Å². The van der Waals surface area contributed by atoms with E-state index in [1.807, 2.05) is 6.92 Å². The van der Waals surface area contributed by atoms with E-state index in [0.717, 1.165) is 5.56 Å². The van der Waals surface area contributed by atoms with Crippen molar-refractivity contribution in [1.82, 2.24) is 4.72 Å². The van der Waals surface area contributed by atoms with Gasteiger partial charge in [-0.25, -0.2) is 8.42 Å². The predicted molar refractivity (Wildman–Crippen MR) is 99.1 cm³/mol. The predicted octanol–water partition coefficient (Wildman–Crippen LogP) is 2.32. The summed E-state index contributed by atoms with van der Waals surface area (Å²) in [6, 6.07) is 10.3. The van der Waals surface area contributed by atoms with Gasteiger partial charge in [-0.2, -0.15) is 4.72 Å². The third-order valence-corrected chi connectivity index (χ3v) is 5.26. The van der Waals surface area contributed by atoms with Crippen molar-refractivity contribution in [3.05, 3.63) is 48.0 Å². The van der Waals surface area contributed by atoms with E-state index in [4.69, 9.17) is 9.47 Å². The number of nitrogens with one attached hydrogen (secondary N) is 2. The van der Waals surface area contributed by atoms with E-state index in [0.29, 0.717) is 17.2 Å². The number of hydrogen-bond acceptors (Lipinski definition) is 5. The van der Waals surface area contributed by atoms with Gasteiger partial charge in [-0.15, -0.1) is 0 Å². The summed E-state index contributed by atoms with van der Waals surface area (Å²) < 4.78 is 37.4. The second-order valence-electron chi connectivity index (χ2n) is 5.72. The fourth-order valence-electron chi connectivity index (χ4n) is 2.24. The van der Waals surface area contributed by atoms with Crippen LogP contribution in [-0.2, 0) is 14.8 Å². The lowest BCUT2D eigenvalue weighted by Gasteiger charge is -2.15. The Morgan fingerprint density at radius 3 is 2.19 bits per heavy atom. The van der Waals surface area contributed by atoms with Crippen molar-refractivity contribution in [3.63, 3.8) is 0 Å². The summed E-state index contributed by atoms with van der Waals surface area (Å²) in [6.45, 7) is 3.34. The zero-order valence-electron chi connectivity index (χ0n) is 15.1. The highest BCUT2D eigenvalue weighted by Crippen LogP contribution is 2.29. The topological polar surface area (TPSA) is 93.7 Å². The van der Waals surface area contributed by atoms with Gasteiger partial charge in [0.1, 0.15) is 0 Å². The van der Waals surface area contributed by atoms with Crippen LogP contribution >= 0.6 is 0 Å². The van der Waals surface area contributed by atoms with E-state index in [-0.39, 0.29) is 4.90 Å². The van der Waals surface area contributed by atoms with E-state index in [1.165, 1.54) is 33.3 Å². The third-order valence-electron chi connectivity index (χ3n) is 3.71. The summed E-state index contributed by atoms with van der Waals surface area (Å²) in [5.74, 6) is 0.490. The molecule has 0 aliphatic rings. The zero-order valence-corrected chi connectivity index (χ0v) is 15.9. The SMILES string of the molecule is COc1ccc(NC(=O)[C@@H](C)NS(=O)(=O)c2ccc(C)cc2)cc1OC. The Hall–Kier alpha value is -2.58. The molecule has 0 bridgehead atoms. The molecule has 2 aromatic carbocycles. The largest absolute Gasteiger partial charge is 0.493 e. The van der Waals surface area contributed by atoms with Crippen LogP contribution in [0.2, 0.25) is 0 Å². The number of hydrogen-bond donors (Lipinski definition) is 2. The summed E-state index contributed by atoms with van der Waals surface area (Å²) in [5.41, 5.74) is 1.41. The van der Waals surface area contributed by atoms with Crippen molar-refractivity contribution < 1.29 is 22.7 Å². The van der Waals surface area contributed by atoms with Crippen molar-refractivity contribution in [2.24, 2.45) is 0 Å². The number of rotatable bonds is 7. The van der Waals surface area contributed by atoms with Crippen LogP contribution in [0.3, 0.4) is 0 Å². The minimum atomic E-state index is -3.79. The molecule has 140 valence electrons. The van der Waals surface area contributed by atoms with Crippen LogP contribution in [0.15, 0.2) is 47.4 Å². The van der Waals surface area contributed by atoms with Crippen LogP contribution in [0.4, 0.5) is 5.69 Å². The Kier molecular flexibility index (Phi) is 6.23. The first-order chi connectivity index (χ1) is 12.3. The number of ether oxygens (including phenoxy) is 2. The molecule has 0 spiro atoms. The van der Waals surface area contributed by atoms with Crippen molar-refractivity contribution in [3.8, 4) is 11.5 Å². The zero-order chi connectivity index (χ0) is 19.3. The number of carbonyl (C=O) groups excluding carboxylic acids is 1. The molecule has 0 aliphatic carbocycles. The molecule has 0 heterocycles. The summed E-state index contributed by atoms with van der Waals surface area (Å²) in [4.78, 5) is 12.4. The van der Waals surface area contributed by atoms with Gasteiger partial charge < -0.3 is 14.8 Å². The van der Waals surface area contributed by atoms with Crippen LogP contribution in [0.25, 0.3) is 0 Å². The maximum Gasteiger partial charge on any atom is 0.242 e. The van der Waals surface area contributed by atoms with E-state index < -0.39 is 22.0 Å². The Bertz CT molecular complexity index is 879. The number of aryl methyl sites for hydroxylation is 1. The van der Waals surface area contributed by atoms with Gasteiger partial charge in [0.25, 0.3) is 0 Å². The van der Waals surface area contributed by atoms with Crippen molar-refractivity contribution in [2.75, 3.05) is 19.5 Å². The van der Waals surface area contributed by atoms with Gasteiger partial charge in [-0.05, 0) is 38.1 Å². The molecule has 26 heavy (non-hydrogen) atoms. The molecule has 7 nitrogen and oxygen atoms in total. The number of sulfonamides is 1. The lowest BCUT2D eigenvalue weighted by molar-refractivity contribution is -0.117. The monoisotopic (exact) mass is 378 g/mol. The second kappa shape index (κ2) is 8.20. The van der Waals surface area contributed by atoms with Gasteiger partial charge in [0, 0.05) is 11.8 Å². The highest BCUT2D eigenvalue weighted by Gasteiger charge is 2.22. The highest BCUT2D eigenvalue weighted by atomic mass is 32.2. The Morgan fingerprint density at radius 2 is 1.62 bits per heavy atom. The number of methoxy groups -OCH3 is 2. The van der Waals surface area contributed by atoms with Gasteiger partial charge in [-0.3, -0.25) is 4.79 Å². The molecule has 0 unspecified atom stereocenters. The lowest BCUT2D eigenvalue weighted by Crippen LogP contribution is -2.41. The average molecular weight is 378 g/mol. The van der Waals surface area contributed by atoms with Gasteiger partial charge in [0.15, 0.2) is 11.5 Å². The van der Waals surface area contributed by atoms with E-state index >= 15 is 0 Å². The van der Waals surface area contributed by atoms with Crippen LogP contribution in [0, 0.1) is 6.92 Å². The third kappa shape index (κ3) is 4.74. The lowest BCUT2D eigenvalue weighted by atomic mass is 10.2. The summed E-state index contributed by atoms with van der Waals surface area (Å²) >= 11 is 0. The normalized spacial score (nSPS) is 12.3. The van der Waals surface area contributed by atoms with Crippen molar-refractivity contribution in [1.29, 1.82) is 0 Å². The second-order valence-corrected chi connectivity index (χ2v) is 7.43. The number of amides is 1. The molecular weight excluding hydrogens is 356 g/mol. The number of carbonyl (C=O) groups is 1. The van der Waals surface area contributed by atoms with E-state index in [2.05, 4.69) is 10.0 Å². The molecule has 0 radical (unpaired) electrons. The minimum absolute atomic E-state index is 0.105. The molecule has 8 heteroatoms. The first-order valence-corrected chi connectivity index (χ1v) is 9.37. The van der Waals surface area contributed by atoms with Gasteiger partial charge in [0.05, 0.1) is 25.2 Å². The summed E-state index contributed by atoms with van der Waals surface area (Å²) in [6.07, 6.45) is 0. The van der Waals surface area contributed by atoms with Gasteiger partial charge >= 0.3 is 0 Å². The maximum absolute atomic E-state index is 12.4. The Balaban J connectivity index is 2.09. The molecule has 0 aromatic heterocycles. The molecule has 0 saturated heterocycles. The van der Waals surface area contributed by atoms with Crippen LogP contribution < -0.4 is 19.5 Å². The summed E-state index contributed by atoms with van der Waals surface area (Å²) in [5, 5.41) is 2.65. The molecular formula is C18H22N2O5S. The fourth-order valence-corrected chi connectivity index (χ4v) is 3.44. The van der Waals surface area contributed by atoms with Crippen LogP contribution in [-0.4, -0.2) is 34.6 Å². The van der Waals surface area contributed by atoms with Gasteiger partial charge in [-0.1, -0.05) is 17.7 Å². The van der Waals surface area contributed by atoms with Crippen molar-refractivity contribution in [2.45, 2.75) is 24.8 Å². The maximum atomic E-state index is 12.4. The minimum Gasteiger partial charge on any atom is -0.493 e. The van der Waals surface area contributed by atoms with Gasteiger partial charge in [0.2, 0.25) is 15.9 Å². The Morgan fingerprint density at radius 1 is 1.00 bits per heavy atom. The number of benzene rings is 2. The first kappa shape index (κ1) is 19.7. The standard InChI is InChI=1S/C18H22N2O5S/c1-12-5-8-15(9-6-12)26(22,23)20-13(2)18(21)19-14-7-10-16(24-3)17(11-14)25-4/h5-11,13,20H,1-4H3,(H,19,21)/t13-/m1/s1. The van der Waals surface area contributed by atoms with E-state index in [9.17, 15) is 13.2 Å². The molecule has 1 atom stereocenters. The first-order valence-electron chi connectivity index (χ1n) is 7.88. The van der Waals surface area contributed by atoms with Crippen LogP contribution in [0.1, 0.15) is 12.5 Å². The number of anilines is 1. The molecule has 2 aromatic rings. The molecule has 2 N–H and O–H groups in total. The molecule has 1 amide bonds. The average Bonchev–Trinajstić information content (AvgIpc) is 2.61. The molecule has 0 saturated carbocycles. The molecule has 2 rings (SSSR count). The van der Waals surface area contributed by atoms with Crippen LogP contribution in [0.5, 0.6) is 11.5 Å². The molecule has 0 aliphatic heterocycles. The molecule has 0 fully saturated rings. The quantitative estimate of drug-likeness (QED) is 0.771. The highest BCUT2D eigenvalue weighted by molar-refractivity contribution is 7.89. The smallest absolute Gasteiger partial charge is 0.242 e. The Labute approximate surface area is 153 Å².